The van der Waals surface area contributed by atoms with Crippen molar-refractivity contribution in [3.8, 4) is 18.1 Å². The Hall–Kier alpha value is -3.66. The van der Waals surface area contributed by atoms with E-state index in [9.17, 15) is 9.59 Å². The predicted octanol–water partition coefficient (Wildman–Crippen LogP) is 2.42. The summed E-state index contributed by atoms with van der Waals surface area (Å²) in [5, 5.41) is 5.92. The normalized spacial score (nSPS) is 17.3. The van der Waals surface area contributed by atoms with Gasteiger partial charge >= 0.3 is 6.03 Å². The number of carbonyl (C=O) groups excluding carboxylic acids is 2. The number of fused-ring (bicyclic) bond motifs is 1. The molecule has 29 heavy (non-hydrogen) atoms. The first-order valence-corrected chi connectivity index (χ1v) is 9.52. The average Bonchev–Trinajstić information content (AvgIpc) is 3.14. The van der Waals surface area contributed by atoms with Crippen molar-refractivity contribution in [1.82, 2.24) is 15.1 Å². The molecule has 0 radical (unpaired) electrons. The molecule has 3 aliphatic rings. The summed E-state index contributed by atoms with van der Waals surface area (Å²) in [5.41, 5.74) is 2.81. The Morgan fingerprint density at radius 3 is 2.79 bits per heavy atom. The fourth-order valence-electron chi connectivity index (χ4n) is 3.33. The number of hydrogen-bond acceptors (Lipinski definition) is 4. The minimum absolute atomic E-state index is 0.0141. The number of urea groups is 1. The SMILES string of the molecule is C#CCCC(=O)N1CC(Oc2ccc(NC(=O)N3C=C4C=CNC=C4C3)cc2)C1. The molecule has 0 unspecified atom stereocenters. The van der Waals surface area contributed by atoms with E-state index in [0.29, 0.717) is 43.9 Å². The van der Waals surface area contributed by atoms with Crippen LogP contribution in [0.15, 0.2) is 60.1 Å². The van der Waals surface area contributed by atoms with E-state index in [4.69, 9.17) is 11.2 Å². The lowest BCUT2D eigenvalue weighted by Gasteiger charge is -2.39. The Bertz CT molecular complexity index is 934. The zero-order chi connectivity index (χ0) is 20.2. The number of allylic oxidation sites excluding steroid dienone is 1. The molecule has 2 N–H and O–H groups in total. The van der Waals surface area contributed by atoms with Crippen molar-refractivity contribution in [2.45, 2.75) is 18.9 Å². The van der Waals surface area contributed by atoms with Gasteiger partial charge in [0.1, 0.15) is 11.9 Å². The van der Waals surface area contributed by atoms with Crippen molar-refractivity contribution in [1.29, 1.82) is 0 Å². The lowest BCUT2D eigenvalue weighted by molar-refractivity contribution is -0.139. The number of dihydropyridines is 1. The Kier molecular flexibility index (Phi) is 5.25. The van der Waals surface area contributed by atoms with Crippen molar-refractivity contribution in [2.24, 2.45) is 0 Å². The van der Waals surface area contributed by atoms with Gasteiger partial charge < -0.3 is 20.3 Å². The lowest BCUT2D eigenvalue weighted by Crippen LogP contribution is -2.56. The topological polar surface area (TPSA) is 73.9 Å². The van der Waals surface area contributed by atoms with E-state index >= 15 is 0 Å². The van der Waals surface area contributed by atoms with Crippen LogP contribution >= 0.6 is 0 Å². The molecule has 0 aliphatic carbocycles. The smallest absolute Gasteiger partial charge is 0.326 e. The molecule has 7 nitrogen and oxygen atoms in total. The number of nitrogens with one attached hydrogen (secondary N) is 2. The number of hydrogen-bond donors (Lipinski definition) is 2. The summed E-state index contributed by atoms with van der Waals surface area (Å²) >= 11 is 0. The first-order valence-electron chi connectivity index (χ1n) is 9.52. The maximum absolute atomic E-state index is 12.5. The van der Waals surface area contributed by atoms with Gasteiger partial charge in [-0.3, -0.25) is 9.69 Å². The highest BCUT2D eigenvalue weighted by atomic mass is 16.5. The van der Waals surface area contributed by atoms with E-state index in [-0.39, 0.29) is 18.0 Å². The molecule has 0 bridgehead atoms. The molecule has 1 fully saturated rings. The third-order valence-electron chi connectivity index (χ3n) is 4.98. The van der Waals surface area contributed by atoms with Gasteiger partial charge in [0.05, 0.1) is 19.6 Å². The van der Waals surface area contributed by atoms with E-state index in [0.717, 1.165) is 11.1 Å². The highest BCUT2D eigenvalue weighted by molar-refractivity contribution is 5.91. The predicted molar refractivity (Wildman–Crippen MR) is 110 cm³/mol. The molecule has 7 heteroatoms. The van der Waals surface area contributed by atoms with Gasteiger partial charge in [0.15, 0.2) is 0 Å². The minimum atomic E-state index is -0.185. The van der Waals surface area contributed by atoms with Gasteiger partial charge in [-0.05, 0) is 41.5 Å². The maximum Gasteiger partial charge on any atom is 0.326 e. The molecule has 1 aromatic rings. The quantitative estimate of drug-likeness (QED) is 0.758. The molecule has 0 saturated carbocycles. The van der Waals surface area contributed by atoms with E-state index in [2.05, 4.69) is 16.6 Å². The van der Waals surface area contributed by atoms with Crippen LogP contribution in [0.25, 0.3) is 0 Å². The Morgan fingerprint density at radius 2 is 2.07 bits per heavy atom. The number of likely N-dealkylation sites (tertiary alicyclic amines) is 1. The number of rotatable bonds is 5. The summed E-state index contributed by atoms with van der Waals surface area (Å²) in [4.78, 5) is 27.7. The fourth-order valence-corrected chi connectivity index (χ4v) is 3.33. The largest absolute Gasteiger partial charge is 0.487 e. The zero-order valence-electron chi connectivity index (χ0n) is 15.9. The van der Waals surface area contributed by atoms with Crippen LogP contribution in [0.3, 0.4) is 0 Å². The number of benzene rings is 1. The second-order valence-electron chi connectivity index (χ2n) is 7.08. The van der Waals surface area contributed by atoms with Gasteiger partial charge in [-0.25, -0.2) is 4.79 Å². The third-order valence-corrected chi connectivity index (χ3v) is 4.98. The third kappa shape index (κ3) is 4.27. The van der Waals surface area contributed by atoms with E-state index in [1.807, 2.05) is 36.8 Å². The summed E-state index contributed by atoms with van der Waals surface area (Å²) in [6.07, 6.45) is 13.5. The van der Waals surface area contributed by atoms with Crippen LogP contribution in [0.1, 0.15) is 12.8 Å². The van der Waals surface area contributed by atoms with E-state index in [1.165, 1.54) is 0 Å². The van der Waals surface area contributed by atoms with Gasteiger partial charge in [0.2, 0.25) is 5.91 Å². The van der Waals surface area contributed by atoms with Crippen molar-refractivity contribution in [3.63, 3.8) is 0 Å². The molecule has 0 atom stereocenters. The molecule has 0 aromatic heterocycles. The summed E-state index contributed by atoms with van der Waals surface area (Å²) in [7, 11) is 0. The molecule has 3 aliphatic heterocycles. The van der Waals surface area contributed by atoms with Crippen LogP contribution in [0.2, 0.25) is 0 Å². The monoisotopic (exact) mass is 390 g/mol. The van der Waals surface area contributed by atoms with Gasteiger partial charge in [0.25, 0.3) is 0 Å². The van der Waals surface area contributed by atoms with Crippen LogP contribution < -0.4 is 15.4 Å². The lowest BCUT2D eigenvalue weighted by atomic mass is 10.1. The first-order chi connectivity index (χ1) is 14.1. The van der Waals surface area contributed by atoms with Crippen LogP contribution in [-0.4, -0.2) is 47.5 Å². The number of carbonyl (C=O) groups is 2. The van der Waals surface area contributed by atoms with Crippen molar-refractivity contribution >= 4 is 17.6 Å². The summed E-state index contributed by atoms with van der Waals surface area (Å²) in [5.74, 6) is 3.26. The number of anilines is 1. The summed E-state index contributed by atoms with van der Waals surface area (Å²) in [6, 6.07) is 7.05. The van der Waals surface area contributed by atoms with E-state index in [1.54, 1.807) is 21.9 Å². The Balaban J connectivity index is 1.25. The molecule has 1 saturated heterocycles. The number of nitrogens with zero attached hydrogens (tertiary/aromatic N) is 2. The maximum atomic E-state index is 12.5. The molecule has 148 valence electrons. The molecule has 3 heterocycles. The van der Waals surface area contributed by atoms with Crippen molar-refractivity contribution in [2.75, 3.05) is 25.0 Å². The van der Waals surface area contributed by atoms with Crippen molar-refractivity contribution in [3.05, 3.63) is 60.1 Å². The van der Waals surface area contributed by atoms with Crippen LogP contribution in [-0.2, 0) is 4.79 Å². The highest BCUT2D eigenvalue weighted by Crippen LogP contribution is 2.25. The van der Waals surface area contributed by atoms with Crippen molar-refractivity contribution < 1.29 is 14.3 Å². The van der Waals surface area contributed by atoms with E-state index < -0.39 is 0 Å². The highest BCUT2D eigenvalue weighted by Gasteiger charge is 2.31. The minimum Gasteiger partial charge on any atom is -0.487 e. The Morgan fingerprint density at radius 1 is 1.28 bits per heavy atom. The number of terminal acetylenes is 1. The molecular formula is C22H22N4O3. The van der Waals surface area contributed by atoms with Crippen LogP contribution in [0.5, 0.6) is 5.75 Å². The number of amides is 3. The molecular weight excluding hydrogens is 368 g/mol. The van der Waals surface area contributed by atoms with Gasteiger partial charge in [-0.2, -0.15) is 0 Å². The summed E-state index contributed by atoms with van der Waals surface area (Å²) in [6.45, 7) is 1.69. The Labute approximate surface area is 169 Å². The second kappa shape index (κ2) is 8.15. The molecule has 3 amide bonds. The summed E-state index contributed by atoms with van der Waals surface area (Å²) < 4.78 is 5.87. The standard InChI is InChI=1S/C22H22N4O3/c1-2-3-4-21(27)25-14-20(15-25)29-19-7-5-18(6-8-19)24-22(28)26-12-16-9-10-23-11-17(16)13-26/h1,5-12,20,23H,3-4,13-15H2,(H,24,28). The fraction of sp³-hybridized carbons (Fsp3) is 0.273. The van der Waals surface area contributed by atoms with Gasteiger partial charge in [-0.15, -0.1) is 12.3 Å². The van der Waals surface area contributed by atoms with Crippen LogP contribution in [0, 0.1) is 12.3 Å². The number of ether oxygens (including phenoxy) is 1. The van der Waals surface area contributed by atoms with Gasteiger partial charge in [-0.1, -0.05) is 0 Å². The molecule has 1 aromatic carbocycles. The molecule has 0 spiro atoms. The first kappa shape index (κ1) is 18.7. The average molecular weight is 390 g/mol. The van der Waals surface area contributed by atoms with Gasteiger partial charge in [0, 0.05) is 37.1 Å². The zero-order valence-corrected chi connectivity index (χ0v) is 15.9. The molecule has 4 rings (SSSR count). The second-order valence-corrected chi connectivity index (χ2v) is 7.08. The van der Waals surface area contributed by atoms with Crippen LogP contribution in [0.4, 0.5) is 10.5 Å².